The van der Waals surface area contributed by atoms with Crippen LogP contribution in [0, 0.1) is 0 Å². The highest BCUT2D eigenvalue weighted by Gasteiger charge is 2.40. The van der Waals surface area contributed by atoms with Crippen molar-refractivity contribution in [1.82, 2.24) is 42.1 Å². The lowest BCUT2D eigenvalue weighted by atomic mass is 10.0. The summed E-state index contributed by atoms with van der Waals surface area (Å²) in [5, 5.41) is 18.0. The first kappa shape index (κ1) is 60.5. The summed E-state index contributed by atoms with van der Waals surface area (Å²) in [7, 11) is 2.07. The van der Waals surface area contributed by atoms with E-state index in [1.165, 1.54) is 4.90 Å². The summed E-state index contributed by atoms with van der Waals surface area (Å²) in [6.45, 7) is -0.121. The topological polar surface area (TPSA) is 405 Å². The molecule has 2 saturated heterocycles. The molecular weight excluding hydrogens is 987 g/mol. The Bertz CT molecular complexity index is 2250. The van der Waals surface area contributed by atoms with Crippen molar-refractivity contribution in [3.8, 4) is 0 Å². The minimum Gasteiger partial charge on any atom is -0.370 e. The van der Waals surface area contributed by atoms with Gasteiger partial charge in [-0.15, -0.1) is 0 Å². The number of amides is 11. The number of likely N-dealkylation sites (tertiary alicyclic amines) is 1. The van der Waals surface area contributed by atoms with E-state index in [-0.39, 0.29) is 51.2 Å². The fraction of sp³-hybridized carbons (Fsp3) is 0.511. The molecule has 0 aliphatic carbocycles. The maximum Gasteiger partial charge on any atom is 0.246 e. The monoisotopic (exact) mass is 1060 g/mol. The molecule has 0 bridgehead atoms. The highest BCUT2D eigenvalue weighted by Crippen LogP contribution is 2.26. The van der Waals surface area contributed by atoms with Gasteiger partial charge in [-0.3, -0.25) is 52.7 Å². The van der Waals surface area contributed by atoms with Gasteiger partial charge in [-0.2, -0.15) is 0 Å². The molecule has 400 valence electrons. The lowest BCUT2D eigenvalue weighted by molar-refractivity contribution is -0.142. The third-order valence-corrected chi connectivity index (χ3v) is 14.0. The van der Waals surface area contributed by atoms with Crippen LogP contribution in [0.3, 0.4) is 0 Å². The first-order valence-electron chi connectivity index (χ1n) is 23.4. The molecule has 2 fully saturated rings. The van der Waals surface area contributed by atoms with E-state index >= 15 is 0 Å². The van der Waals surface area contributed by atoms with Gasteiger partial charge in [-0.05, 0) is 56.2 Å². The number of primary amides is 3. The van der Waals surface area contributed by atoms with Crippen molar-refractivity contribution >= 4 is 86.6 Å². The minimum atomic E-state index is -1.76. The second-order valence-corrected chi connectivity index (χ2v) is 19.8. The normalized spacial score (nSPS) is 22.8. The summed E-state index contributed by atoms with van der Waals surface area (Å²) < 4.78 is 0. The SMILES string of the molecule is C.NCCCC[C@H](NC(=O)[C@@H]1CCCN1C(=O)[C@@H]1CSSC[C@H](N)C(=O)N[C@@H](Cc2ccccc2)C(=O)N[C@@H](Cc2ccccc2)C(=O)N[C@@H](CCC(N)=O)C(=O)N[C@@H](CC(N)=O)C(=O)N1)C(=O)NCC(N)=O. The van der Waals surface area contributed by atoms with Crippen LogP contribution in [-0.2, 0) is 65.6 Å². The molecule has 73 heavy (non-hydrogen) atoms. The quantitative estimate of drug-likeness (QED) is 0.0482. The Morgan fingerprint density at radius 2 is 1.21 bits per heavy atom. The molecule has 17 N–H and O–H groups in total. The highest BCUT2D eigenvalue weighted by atomic mass is 33.1. The summed E-state index contributed by atoms with van der Waals surface area (Å²) in [6, 6.07) is 6.36. The Balaban J connectivity index is 0.0000141. The molecule has 0 saturated carbocycles. The van der Waals surface area contributed by atoms with Crippen molar-refractivity contribution in [3.05, 3.63) is 71.8 Å². The fourth-order valence-corrected chi connectivity index (χ4v) is 10.0. The van der Waals surface area contributed by atoms with Crippen molar-refractivity contribution < 1.29 is 52.7 Å². The Hall–Kier alpha value is -6.77. The maximum absolute atomic E-state index is 14.6. The largest absolute Gasteiger partial charge is 0.370 e. The van der Waals surface area contributed by atoms with Gasteiger partial charge in [0.05, 0.1) is 19.0 Å². The summed E-state index contributed by atoms with van der Waals surface area (Å²) in [6.07, 6.45) is -0.141. The van der Waals surface area contributed by atoms with Crippen molar-refractivity contribution in [2.75, 3.05) is 31.1 Å². The molecule has 2 heterocycles. The average Bonchev–Trinajstić information content (AvgIpc) is 3.84. The van der Waals surface area contributed by atoms with Crippen LogP contribution in [0.15, 0.2) is 60.7 Å². The number of unbranched alkanes of at least 4 members (excludes halogenated alkanes) is 1. The molecule has 0 radical (unpaired) electrons. The number of carbonyl (C=O) groups excluding carboxylic acids is 11. The van der Waals surface area contributed by atoms with Crippen LogP contribution in [0.1, 0.15) is 69.9 Å². The van der Waals surface area contributed by atoms with E-state index in [1.807, 2.05) is 0 Å². The molecule has 0 unspecified atom stereocenters. The zero-order chi connectivity index (χ0) is 52.7. The number of carbonyl (C=O) groups is 11. The first-order valence-corrected chi connectivity index (χ1v) is 25.9. The second-order valence-electron chi connectivity index (χ2n) is 17.3. The van der Waals surface area contributed by atoms with E-state index in [4.69, 9.17) is 28.7 Å². The lowest BCUT2D eigenvalue weighted by Gasteiger charge is -2.31. The molecule has 2 aromatic rings. The molecule has 26 heteroatoms. The number of hydrogen-bond donors (Lipinski definition) is 12. The summed E-state index contributed by atoms with van der Waals surface area (Å²) in [4.78, 5) is 149. The highest BCUT2D eigenvalue weighted by molar-refractivity contribution is 8.76. The Labute approximate surface area is 431 Å². The molecule has 4 rings (SSSR count). The molecule has 8 atom stereocenters. The zero-order valence-electron chi connectivity index (χ0n) is 39.6. The van der Waals surface area contributed by atoms with E-state index in [9.17, 15) is 52.7 Å². The van der Waals surface area contributed by atoms with Crippen LogP contribution >= 0.6 is 21.6 Å². The van der Waals surface area contributed by atoms with Gasteiger partial charge in [0.25, 0.3) is 0 Å². The first-order chi connectivity index (χ1) is 34.4. The summed E-state index contributed by atoms with van der Waals surface area (Å²) >= 11 is 0. The van der Waals surface area contributed by atoms with Crippen molar-refractivity contribution in [2.45, 2.75) is 120 Å². The van der Waals surface area contributed by atoms with Crippen LogP contribution in [0.5, 0.6) is 0 Å². The van der Waals surface area contributed by atoms with Crippen molar-refractivity contribution in [1.29, 1.82) is 0 Å². The average molecular weight is 1060 g/mol. The predicted molar refractivity (Wildman–Crippen MR) is 274 cm³/mol. The van der Waals surface area contributed by atoms with Gasteiger partial charge in [0, 0.05) is 37.3 Å². The second kappa shape index (κ2) is 31.0. The molecule has 24 nitrogen and oxygen atoms in total. The Morgan fingerprint density at radius 1 is 0.671 bits per heavy atom. The van der Waals surface area contributed by atoms with Gasteiger partial charge < -0.3 is 70.8 Å². The fourth-order valence-electron chi connectivity index (χ4n) is 7.77. The Morgan fingerprint density at radius 3 is 1.77 bits per heavy atom. The molecule has 2 aromatic carbocycles. The van der Waals surface area contributed by atoms with E-state index in [2.05, 4.69) is 37.2 Å². The van der Waals surface area contributed by atoms with Crippen LogP contribution in [0.25, 0.3) is 0 Å². The van der Waals surface area contributed by atoms with Gasteiger partial charge in [0.15, 0.2) is 0 Å². The molecule has 11 amide bonds. The van der Waals surface area contributed by atoms with Crippen LogP contribution < -0.4 is 65.9 Å². The third-order valence-electron chi connectivity index (χ3n) is 11.6. The van der Waals surface area contributed by atoms with E-state index in [1.54, 1.807) is 60.7 Å². The van der Waals surface area contributed by atoms with Gasteiger partial charge in [-0.25, -0.2) is 0 Å². The number of nitrogens with one attached hydrogen (secondary N) is 7. The predicted octanol–water partition coefficient (Wildman–Crippen LogP) is -3.40. The standard InChI is InChI=1S/C46H65N13O11S2.CH4/c47-18-8-7-14-29(40(64)52-23-38(51)62)54-45(69)35-15-9-19-59(35)46(70)34-25-72-71-24-28(48)39(63)55-31(20-26-10-3-1-4-11-26)43(67)56-32(21-27-12-5-2-6-13-27)42(66)53-30(16-17-36(49)60)41(65)57-33(22-37(50)61)44(68)58-34;/h1-6,10-13,28-35H,7-9,14-25,47-48H2,(H2,49,60)(H2,50,61)(H2,51,62)(H,52,64)(H,53,66)(H,54,69)(H,55,63)(H,56,67)(H,57,65)(H,58,68);1H4/t28-,29-,30-,31-,32-,33-,34-,35-;/m0./s1. The molecule has 2 aliphatic rings. The van der Waals surface area contributed by atoms with Crippen molar-refractivity contribution in [3.63, 3.8) is 0 Å². The number of benzene rings is 2. The smallest absolute Gasteiger partial charge is 0.246 e. The minimum absolute atomic E-state index is 0. The van der Waals surface area contributed by atoms with Gasteiger partial charge in [0.2, 0.25) is 65.0 Å². The van der Waals surface area contributed by atoms with Gasteiger partial charge in [0.1, 0.15) is 42.3 Å². The third kappa shape index (κ3) is 20.3. The molecule has 2 aliphatic heterocycles. The lowest BCUT2D eigenvalue weighted by Crippen LogP contribution is -2.61. The maximum atomic E-state index is 14.6. The molecule has 0 spiro atoms. The number of hydrogen-bond acceptors (Lipinski definition) is 15. The van der Waals surface area contributed by atoms with Gasteiger partial charge in [-0.1, -0.05) is 89.7 Å². The molecular formula is C47H69N13O11S2. The van der Waals surface area contributed by atoms with E-state index in [0.29, 0.717) is 36.9 Å². The van der Waals surface area contributed by atoms with Crippen LogP contribution in [0.4, 0.5) is 0 Å². The molecule has 0 aromatic heterocycles. The van der Waals surface area contributed by atoms with Gasteiger partial charge >= 0.3 is 0 Å². The zero-order valence-corrected chi connectivity index (χ0v) is 41.3. The van der Waals surface area contributed by atoms with Crippen LogP contribution in [-0.4, -0.2) is 149 Å². The number of nitrogens with zero attached hydrogens (tertiary/aromatic N) is 1. The van der Waals surface area contributed by atoms with E-state index in [0.717, 1.165) is 21.6 Å². The number of rotatable bonds is 19. The summed E-state index contributed by atoms with van der Waals surface area (Å²) in [5.74, 6) is -9.66. The number of nitrogens with two attached hydrogens (primary N) is 5. The van der Waals surface area contributed by atoms with Crippen LogP contribution in [0.2, 0.25) is 0 Å². The van der Waals surface area contributed by atoms with Crippen molar-refractivity contribution in [2.24, 2.45) is 28.7 Å². The summed E-state index contributed by atoms with van der Waals surface area (Å²) in [5.41, 5.74) is 29.4. The van der Waals surface area contributed by atoms with E-state index < -0.39 is 139 Å². The Kier molecular flexibility index (Phi) is 25.7.